The number of hydrogen-bond donors (Lipinski definition) is 3. The third-order valence-corrected chi connectivity index (χ3v) is 6.31. The quantitative estimate of drug-likeness (QED) is 0.766. The molecule has 2 amide bonds. The van der Waals surface area contributed by atoms with E-state index in [9.17, 15) is 9.59 Å². The first-order valence-electron chi connectivity index (χ1n) is 9.92. The predicted octanol–water partition coefficient (Wildman–Crippen LogP) is 3.10. The van der Waals surface area contributed by atoms with Crippen LogP contribution in [-0.2, 0) is 16.0 Å². The molecule has 2 aromatic rings. The Balaban J connectivity index is 1.27. The lowest BCUT2D eigenvalue weighted by Crippen LogP contribution is -2.59. The SMILES string of the molecule is CC(=O)NC1CC2(C1)CC(Nc1ncccc1-c1ccc3c(c1)CC(=O)N3)C2. The molecule has 5 rings (SSSR count). The van der Waals surface area contributed by atoms with Crippen LogP contribution in [0.15, 0.2) is 36.5 Å². The Labute approximate surface area is 164 Å². The number of rotatable bonds is 4. The van der Waals surface area contributed by atoms with Gasteiger partial charge in [-0.1, -0.05) is 6.07 Å². The first-order valence-corrected chi connectivity index (χ1v) is 9.92. The average molecular weight is 376 g/mol. The fourth-order valence-electron chi connectivity index (χ4n) is 5.14. The van der Waals surface area contributed by atoms with Crippen molar-refractivity contribution in [2.45, 2.75) is 51.1 Å². The number of fused-ring (bicyclic) bond motifs is 1. The van der Waals surface area contributed by atoms with Crippen LogP contribution in [-0.4, -0.2) is 28.9 Å². The molecule has 0 bridgehead atoms. The van der Waals surface area contributed by atoms with Crippen molar-refractivity contribution in [2.24, 2.45) is 5.41 Å². The number of amides is 2. The van der Waals surface area contributed by atoms with E-state index in [0.717, 1.165) is 53.9 Å². The van der Waals surface area contributed by atoms with E-state index >= 15 is 0 Å². The summed E-state index contributed by atoms with van der Waals surface area (Å²) in [6.07, 6.45) is 6.68. The number of hydrogen-bond acceptors (Lipinski definition) is 4. The van der Waals surface area contributed by atoms with Crippen molar-refractivity contribution in [2.75, 3.05) is 10.6 Å². The summed E-state index contributed by atoms with van der Waals surface area (Å²) in [6, 6.07) is 10.9. The summed E-state index contributed by atoms with van der Waals surface area (Å²) in [4.78, 5) is 27.4. The van der Waals surface area contributed by atoms with Gasteiger partial charge in [0.1, 0.15) is 5.82 Å². The van der Waals surface area contributed by atoms with Crippen LogP contribution in [0.2, 0.25) is 0 Å². The first-order chi connectivity index (χ1) is 13.5. The van der Waals surface area contributed by atoms with Crippen LogP contribution in [0.5, 0.6) is 0 Å². The molecule has 28 heavy (non-hydrogen) atoms. The summed E-state index contributed by atoms with van der Waals surface area (Å²) in [5, 5.41) is 9.52. The van der Waals surface area contributed by atoms with Crippen LogP contribution in [0.4, 0.5) is 11.5 Å². The Morgan fingerprint density at radius 2 is 1.96 bits per heavy atom. The zero-order chi connectivity index (χ0) is 19.3. The van der Waals surface area contributed by atoms with E-state index in [4.69, 9.17) is 0 Å². The van der Waals surface area contributed by atoms with Gasteiger partial charge in [0, 0.05) is 36.5 Å². The van der Waals surface area contributed by atoms with E-state index in [1.165, 1.54) is 0 Å². The van der Waals surface area contributed by atoms with E-state index < -0.39 is 0 Å². The number of benzene rings is 1. The van der Waals surface area contributed by atoms with E-state index in [1.54, 1.807) is 6.92 Å². The Bertz CT molecular complexity index is 957. The highest BCUT2D eigenvalue weighted by molar-refractivity contribution is 5.99. The highest BCUT2D eigenvalue weighted by Crippen LogP contribution is 2.56. The highest BCUT2D eigenvalue weighted by atomic mass is 16.2. The Morgan fingerprint density at radius 3 is 2.75 bits per heavy atom. The molecule has 1 aromatic carbocycles. The summed E-state index contributed by atoms with van der Waals surface area (Å²) < 4.78 is 0. The maximum Gasteiger partial charge on any atom is 0.228 e. The second-order valence-corrected chi connectivity index (χ2v) is 8.55. The molecule has 0 radical (unpaired) electrons. The lowest BCUT2D eigenvalue weighted by atomic mass is 9.52. The van der Waals surface area contributed by atoms with Gasteiger partial charge in [0.2, 0.25) is 11.8 Å². The maximum absolute atomic E-state index is 11.6. The third-order valence-electron chi connectivity index (χ3n) is 6.31. The Hall–Kier alpha value is -2.89. The van der Waals surface area contributed by atoms with Crippen LogP contribution in [0.25, 0.3) is 11.1 Å². The minimum atomic E-state index is 0.0505. The molecular formula is C22H24N4O2. The van der Waals surface area contributed by atoms with Gasteiger partial charge in [0.05, 0.1) is 6.42 Å². The molecule has 0 atom stereocenters. The molecule has 3 aliphatic rings. The topological polar surface area (TPSA) is 83.1 Å². The standard InChI is InChI=1S/C22H24N4O2/c1-13(27)24-16-9-22(10-16)11-17(12-22)25-21-18(3-2-6-23-21)14-4-5-19-15(7-14)8-20(28)26-19/h2-7,16-17H,8-12H2,1H3,(H,23,25)(H,24,27)(H,26,28). The van der Waals surface area contributed by atoms with Crippen LogP contribution in [0.3, 0.4) is 0 Å². The average Bonchev–Trinajstić information content (AvgIpc) is 2.97. The smallest absolute Gasteiger partial charge is 0.228 e. The van der Waals surface area contributed by atoms with Crippen molar-refractivity contribution >= 4 is 23.3 Å². The minimum absolute atomic E-state index is 0.0505. The molecule has 6 nitrogen and oxygen atoms in total. The molecule has 1 aromatic heterocycles. The molecule has 1 aliphatic heterocycles. The monoisotopic (exact) mass is 376 g/mol. The summed E-state index contributed by atoms with van der Waals surface area (Å²) >= 11 is 0. The van der Waals surface area contributed by atoms with Gasteiger partial charge in [-0.3, -0.25) is 9.59 Å². The van der Waals surface area contributed by atoms with Gasteiger partial charge in [-0.15, -0.1) is 0 Å². The minimum Gasteiger partial charge on any atom is -0.367 e. The molecule has 144 valence electrons. The van der Waals surface area contributed by atoms with Crippen molar-refractivity contribution in [1.82, 2.24) is 10.3 Å². The fourth-order valence-corrected chi connectivity index (χ4v) is 5.14. The van der Waals surface area contributed by atoms with E-state index in [-0.39, 0.29) is 11.8 Å². The first kappa shape index (κ1) is 17.2. The predicted molar refractivity (Wildman–Crippen MR) is 108 cm³/mol. The van der Waals surface area contributed by atoms with E-state index in [1.807, 2.05) is 24.4 Å². The van der Waals surface area contributed by atoms with Crippen LogP contribution < -0.4 is 16.0 Å². The van der Waals surface area contributed by atoms with E-state index in [0.29, 0.717) is 23.9 Å². The van der Waals surface area contributed by atoms with Crippen molar-refractivity contribution in [3.63, 3.8) is 0 Å². The maximum atomic E-state index is 11.6. The number of carbonyl (C=O) groups excluding carboxylic acids is 2. The van der Waals surface area contributed by atoms with Gasteiger partial charge in [-0.05, 0) is 66.5 Å². The number of carbonyl (C=O) groups is 2. The number of aromatic nitrogens is 1. The highest BCUT2D eigenvalue weighted by Gasteiger charge is 2.53. The van der Waals surface area contributed by atoms with Gasteiger partial charge >= 0.3 is 0 Å². The number of pyridine rings is 1. The summed E-state index contributed by atoms with van der Waals surface area (Å²) in [7, 11) is 0. The second kappa shape index (κ2) is 6.33. The van der Waals surface area contributed by atoms with Crippen molar-refractivity contribution in [3.8, 4) is 11.1 Å². The molecule has 2 fully saturated rings. The molecule has 2 aliphatic carbocycles. The number of nitrogens with zero attached hydrogens (tertiary/aromatic N) is 1. The molecule has 2 heterocycles. The second-order valence-electron chi connectivity index (χ2n) is 8.55. The zero-order valence-electron chi connectivity index (χ0n) is 15.9. The van der Waals surface area contributed by atoms with E-state index in [2.05, 4.69) is 33.1 Å². The summed E-state index contributed by atoms with van der Waals surface area (Å²) in [5.41, 5.74) is 4.49. The molecule has 0 unspecified atom stereocenters. The molecule has 0 saturated heterocycles. The van der Waals surface area contributed by atoms with Crippen molar-refractivity contribution in [3.05, 3.63) is 42.1 Å². The molecule has 1 spiro atoms. The van der Waals surface area contributed by atoms with Crippen molar-refractivity contribution < 1.29 is 9.59 Å². The molecule has 3 N–H and O–H groups in total. The van der Waals surface area contributed by atoms with Crippen LogP contribution >= 0.6 is 0 Å². The summed E-state index contributed by atoms with van der Waals surface area (Å²) in [6.45, 7) is 1.59. The lowest BCUT2D eigenvalue weighted by Gasteiger charge is -2.58. The normalized spacial score (nSPS) is 27.4. The van der Waals surface area contributed by atoms with Gasteiger partial charge in [0.15, 0.2) is 0 Å². The van der Waals surface area contributed by atoms with Gasteiger partial charge in [-0.2, -0.15) is 0 Å². The summed E-state index contributed by atoms with van der Waals surface area (Å²) in [5.74, 6) is 1.02. The van der Waals surface area contributed by atoms with Crippen LogP contribution in [0, 0.1) is 5.41 Å². The molecular weight excluding hydrogens is 352 g/mol. The van der Waals surface area contributed by atoms with Gasteiger partial charge < -0.3 is 16.0 Å². The fraction of sp³-hybridized carbons (Fsp3) is 0.409. The number of nitrogens with one attached hydrogen (secondary N) is 3. The van der Waals surface area contributed by atoms with Gasteiger partial charge in [-0.25, -0.2) is 4.98 Å². The van der Waals surface area contributed by atoms with Crippen molar-refractivity contribution in [1.29, 1.82) is 0 Å². The largest absolute Gasteiger partial charge is 0.367 e. The lowest BCUT2D eigenvalue weighted by molar-refractivity contribution is -0.122. The third kappa shape index (κ3) is 3.03. The zero-order valence-corrected chi connectivity index (χ0v) is 15.9. The number of anilines is 2. The Kier molecular flexibility index (Phi) is 3.89. The molecule has 2 saturated carbocycles. The van der Waals surface area contributed by atoms with Gasteiger partial charge in [0.25, 0.3) is 0 Å². The Morgan fingerprint density at radius 1 is 1.18 bits per heavy atom. The molecule has 6 heteroatoms. The van der Waals surface area contributed by atoms with Crippen LogP contribution in [0.1, 0.15) is 38.2 Å².